The first-order valence-corrected chi connectivity index (χ1v) is 9.18. The van der Waals surface area contributed by atoms with E-state index in [-0.39, 0.29) is 11.6 Å². The molecule has 4 N–H and O–H groups in total. The number of ether oxygens (including phenoxy) is 1. The third-order valence-corrected chi connectivity index (χ3v) is 5.31. The van der Waals surface area contributed by atoms with E-state index in [2.05, 4.69) is 15.3 Å². The normalized spacial score (nSPS) is 10.9. The number of thiazole rings is 1. The summed E-state index contributed by atoms with van der Waals surface area (Å²) < 4.78 is 5.15. The number of carbonyl (C=O) groups is 1. The van der Waals surface area contributed by atoms with Gasteiger partial charge in [-0.2, -0.15) is 0 Å². The van der Waals surface area contributed by atoms with Gasteiger partial charge in [-0.05, 0) is 37.3 Å². The topological polar surface area (TPSA) is 93.0 Å². The molecule has 0 fully saturated rings. The molecule has 7 heteroatoms. The van der Waals surface area contributed by atoms with Crippen LogP contribution >= 0.6 is 11.3 Å². The summed E-state index contributed by atoms with van der Waals surface area (Å²) in [6.07, 6.45) is 0. The van der Waals surface area contributed by atoms with Crippen molar-refractivity contribution in [1.29, 1.82) is 0 Å². The first-order chi connectivity index (χ1) is 13.1. The van der Waals surface area contributed by atoms with Crippen LogP contribution in [0.5, 0.6) is 5.75 Å². The Labute approximate surface area is 160 Å². The fourth-order valence-corrected chi connectivity index (χ4v) is 3.88. The lowest BCUT2D eigenvalue weighted by Gasteiger charge is -2.03. The van der Waals surface area contributed by atoms with Gasteiger partial charge in [-0.15, -0.1) is 0 Å². The minimum absolute atomic E-state index is 0.122. The molecule has 2 aromatic carbocycles. The average Bonchev–Trinajstić information content (AvgIpc) is 3.20. The van der Waals surface area contributed by atoms with Gasteiger partial charge in [0.05, 0.1) is 12.7 Å². The quantitative estimate of drug-likeness (QED) is 0.445. The highest BCUT2D eigenvalue weighted by atomic mass is 32.1. The van der Waals surface area contributed by atoms with E-state index in [1.165, 1.54) is 11.3 Å². The largest absolute Gasteiger partial charge is 0.497 e. The second kappa shape index (κ2) is 6.77. The van der Waals surface area contributed by atoms with E-state index in [4.69, 9.17) is 10.5 Å². The number of nitrogens with zero attached hydrogens (tertiary/aromatic N) is 1. The zero-order valence-corrected chi connectivity index (χ0v) is 15.7. The number of hydrogen-bond donors (Lipinski definition) is 3. The molecule has 2 heterocycles. The zero-order chi connectivity index (χ0) is 19.0. The molecular weight excluding hydrogens is 360 g/mol. The molecule has 0 atom stereocenters. The molecule has 0 spiro atoms. The van der Waals surface area contributed by atoms with E-state index >= 15 is 0 Å². The number of nitrogen functional groups attached to an aromatic ring is 1. The highest BCUT2D eigenvalue weighted by Gasteiger charge is 2.23. The Morgan fingerprint density at radius 2 is 1.93 bits per heavy atom. The zero-order valence-electron chi connectivity index (χ0n) is 14.9. The van der Waals surface area contributed by atoms with E-state index in [0.717, 1.165) is 28.0 Å². The van der Waals surface area contributed by atoms with Gasteiger partial charge < -0.3 is 20.8 Å². The maximum absolute atomic E-state index is 13.1. The molecule has 0 amide bonds. The molecule has 4 aromatic rings. The highest BCUT2D eigenvalue weighted by molar-refractivity contribution is 7.18. The highest BCUT2D eigenvalue weighted by Crippen LogP contribution is 2.33. The van der Waals surface area contributed by atoms with Crippen LogP contribution in [-0.4, -0.2) is 22.9 Å². The summed E-state index contributed by atoms with van der Waals surface area (Å²) in [5.74, 6) is 0.873. The molecule has 4 rings (SSSR count). The van der Waals surface area contributed by atoms with Gasteiger partial charge in [0.15, 0.2) is 5.13 Å². The lowest BCUT2D eigenvalue weighted by molar-refractivity contribution is 0.104. The number of hydrogen-bond acceptors (Lipinski definition) is 6. The molecule has 136 valence electrons. The van der Waals surface area contributed by atoms with Crippen LogP contribution in [0.3, 0.4) is 0 Å². The standard InChI is InChI=1S/C20H18N4O2S/c1-11-16(14-5-3-4-6-15(14)22-11)17(25)18-19(21)24-20(27-18)23-12-7-9-13(26-2)10-8-12/h3-10,22H,21H2,1-2H3,(H,23,24). The number of methoxy groups -OCH3 is 1. The number of aryl methyl sites for hydroxylation is 1. The van der Waals surface area contributed by atoms with Crippen LogP contribution in [0.4, 0.5) is 16.6 Å². The van der Waals surface area contributed by atoms with Crippen LogP contribution in [0.15, 0.2) is 48.5 Å². The molecule has 0 unspecified atom stereocenters. The third-order valence-electron chi connectivity index (χ3n) is 4.32. The molecule has 0 aliphatic carbocycles. The van der Waals surface area contributed by atoms with E-state index in [9.17, 15) is 4.79 Å². The molecule has 0 saturated carbocycles. The molecule has 0 radical (unpaired) electrons. The number of nitrogens with one attached hydrogen (secondary N) is 2. The van der Waals surface area contributed by atoms with Gasteiger partial charge in [0, 0.05) is 22.3 Å². The predicted molar refractivity (Wildman–Crippen MR) is 109 cm³/mol. The van der Waals surface area contributed by atoms with Gasteiger partial charge in [-0.3, -0.25) is 4.79 Å². The van der Waals surface area contributed by atoms with E-state index in [0.29, 0.717) is 15.6 Å². The van der Waals surface area contributed by atoms with E-state index in [1.54, 1.807) is 7.11 Å². The summed E-state index contributed by atoms with van der Waals surface area (Å²) in [5.41, 5.74) is 9.27. The van der Waals surface area contributed by atoms with Crippen LogP contribution in [0, 0.1) is 6.92 Å². The minimum atomic E-state index is -0.122. The van der Waals surface area contributed by atoms with Gasteiger partial charge >= 0.3 is 0 Å². The van der Waals surface area contributed by atoms with Crippen molar-refractivity contribution in [2.75, 3.05) is 18.2 Å². The fourth-order valence-electron chi connectivity index (χ4n) is 3.03. The van der Waals surface area contributed by atoms with Crippen molar-refractivity contribution < 1.29 is 9.53 Å². The van der Waals surface area contributed by atoms with Crippen molar-refractivity contribution in [3.63, 3.8) is 0 Å². The molecule has 6 nitrogen and oxygen atoms in total. The lowest BCUT2D eigenvalue weighted by Crippen LogP contribution is -2.03. The number of carbonyl (C=O) groups excluding carboxylic acids is 1. The van der Waals surface area contributed by atoms with Crippen LogP contribution in [0.2, 0.25) is 0 Å². The van der Waals surface area contributed by atoms with Crippen LogP contribution in [0.1, 0.15) is 20.9 Å². The smallest absolute Gasteiger partial charge is 0.209 e. The number of fused-ring (bicyclic) bond motifs is 1. The summed E-state index contributed by atoms with van der Waals surface area (Å²) >= 11 is 1.25. The Morgan fingerprint density at radius 3 is 2.67 bits per heavy atom. The van der Waals surface area contributed by atoms with E-state index in [1.807, 2.05) is 55.5 Å². The van der Waals surface area contributed by atoms with Crippen LogP contribution < -0.4 is 15.8 Å². The van der Waals surface area contributed by atoms with Crippen molar-refractivity contribution in [3.05, 3.63) is 64.7 Å². The molecule has 0 saturated heterocycles. The molecule has 0 aliphatic rings. The van der Waals surface area contributed by atoms with Crippen LogP contribution in [-0.2, 0) is 0 Å². The predicted octanol–water partition coefficient (Wildman–Crippen LogP) is 4.50. The van der Waals surface area contributed by atoms with Gasteiger partial charge in [-0.1, -0.05) is 29.5 Å². The Morgan fingerprint density at radius 1 is 1.19 bits per heavy atom. The monoisotopic (exact) mass is 378 g/mol. The maximum Gasteiger partial charge on any atom is 0.209 e. The average molecular weight is 378 g/mol. The van der Waals surface area contributed by atoms with Gasteiger partial charge in [0.25, 0.3) is 0 Å². The van der Waals surface area contributed by atoms with Gasteiger partial charge in [-0.25, -0.2) is 4.98 Å². The number of ketones is 1. The van der Waals surface area contributed by atoms with Crippen molar-refractivity contribution in [3.8, 4) is 5.75 Å². The summed E-state index contributed by atoms with van der Waals surface area (Å²) in [4.78, 5) is 21.1. The minimum Gasteiger partial charge on any atom is -0.497 e. The van der Waals surface area contributed by atoms with Crippen molar-refractivity contribution >= 4 is 44.7 Å². The Bertz CT molecular complexity index is 1130. The van der Waals surface area contributed by atoms with E-state index < -0.39 is 0 Å². The maximum atomic E-state index is 13.1. The second-order valence-electron chi connectivity index (χ2n) is 6.09. The summed E-state index contributed by atoms with van der Waals surface area (Å²) in [6.45, 7) is 1.89. The first kappa shape index (κ1) is 17.1. The molecule has 2 aromatic heterocycles. The SMILES string of the molecule is COc1ccc(Nc2nc(N)c(C(=O)c3c(C)[nH]c4ccccc34)s2)cc1. The Hall–Kier alpha value is -3.32. The first-order valence-electron chi connectivity index (χ1n) is 8.36. The van der Waals surface area contributed by atoms with Crippen LogP contribution in [0.25, 0.3) is 10.9 Å². The number of benzene rings is 2. The summed E-state index contributed by atoms with van der Waals surface area (Å²) in [7, 11) is 1.62. The molecule has 0 bridgehead atoms. The number of aromatic nitrogens is 2. The molecule has 27 heavy (non-hydrogen) atoms. The number of nitrogens with two attached hydrogens (primary N) is 1. The number of anilines is 3. The number of H-pyrrole nitrogens is 1. The fraction of sp³-hybridized carbons (Fsp3) is 0.100. The summed E-state index contributed by atoms with van der Waals surface area (Å²) in [5, 5.41) is 4.63. The number of para-hydroxylation sites is 1. The van der Waals surface area contributed by atoms with Gasteiger partial charge in [0.1, 0.15) is 16.4 Å². The second-order valence-corrected chi connectivity index (χ2v) is 7.09. The Kier molecular flexibility index (Phi) is 4.29. The van der Waals surface area contributed by atoms with Crippen molar-refractivity contribution in [1.82, 2.24) is 9.97 Å². The molecular formula is C20H18N4O2S. The number of aromatic amines is 1. The molecule has 0 aliphatic heterocycles. The number of rotatable bonds is 5. The summed E-state index contributed by atoms with van der Waals surface area (Å²) in [6, 6.07) is 15.2. The lowest BCUT2D eigenvalue weighted by atomic mass is 10.1. The van der Waals surface area contributed by atoms with Crippen molar-refractivity contribution in [2.45, 2.75) is 6.92 Å². The van der Waals surface area contributed by atoms with Crippen molar-refractivity contribution in [2.24, 2.45) is 0 Å². The Balaban J connectivity index is 1.66. The third kappa shape index (κ3) is 3.13. The van der Waals surface area contributed by atoms with Gasteiger partial charge in [0.2, 0.25) is 5.78 Å².